The lowest BCUT2D eigenvalue weighted by atomic mass is 10.1. The van der Waals surface area contributed by atoms with Crippen LogP contribution in [0.25, 0.3) is 10.8 Å². The van der Waals surface area contributed by atoms with E-state index in [-0.39, 0.29) is 5.56 Å². The fourth-order valence-electron chi connectivity index (χ4n) is 1.70. The van der Waals surface area contributed by atoms with Crippen LogP contribution in [0.2, 0.25) is 0 Å². The van der Waals surface area contributed by atoms with Crippen molar-refractivity contribution in [1.82, 2.24) is 4.57 Å². The molecular formula is C12H10N2O2. The molecule has 0 radical (unpaired) electrons. The van der Waals surface area contributed by atoms with Gasteiger partial charge in [0.15, 0.2) is 6.10 Å². The Labute approximate surface area is 92.0 Å². The summed E-state index contributed by atoms with van der Waals surface area (Å²) >= 11 is 0. The summed E-state index contributed by atoms with van der Waals surface area (Å²) in [5.41, 5.74) is 0.105. The maximum atomic E-state index is 11.9. The van der Waals surface area contributed by atoms with Gasteiger partial charge in [-0.25, -0.2) is 0 Å². The van der Waals surface area contributed by atoms with Gasteiger partial charge in [0.2, 0.25) is 0 Å². The summed E-state index contributed by atoms with van der Waals surface area (Å²) in [6, 6.07) is 10.5. The fourth-order valence-corrected chi connectivity index (χ4v) is 1.70. The van der Waals surface area contributed by atoms with Gasteiger partial charge in [-0.3, -0.25) is 4.79 Å². The highest BCUT2D eigenvalue weighted by atomic mass is 16.3. The number of hydrogen-bond acceptors (Lipinski definition) is 3. The van der Waals surface area contributed by atoms with Gasteiger partial charge in [0.1, 0.15) is 6.07 Å². The minimum Gasteiger partial charge on any atom is -0.373 e. The molecule has 0 saturated carbocycles. The Morgan fingerprint density at radius 2 is 2.12 bits per heavy atom. The first-order valence-corrected chi connectivity index (χ1v) is 4.81. The largest absolute Gasteiger partial charge is 0.373 e. The second-order valence-electron chi connectivity index (χ2n) is 3.55. The van der Waals surface area contributed by atoms with Crippen LogP contribution in [0.4, 0.5) is 0 Å². The van der Waals surface area contributed by atoms with Crippen molar-refractivity contribution in [1.29, 1.82) is 5.26 Å². The molecule has 80 valence electrons. The third-order valence-electron chi connectivity index (χ3n) is 2.59. The topological polar surface area (TPSA) is 66.0 Å². The van der Waals surface area contributed by atoms with E-state index >= 15 is 0 Å². The van der Waals surface area contributed by atoms with Crippen molar-refractivity contribution in [3.8, 4) is 6.07 Å². The molecule has 1 heterocycles. The Bertz CT molecular complexity index is 637. The number of rotatable bonds is 1. The maximum Gasteiger partial charge on any atom is 0.258 e. The molecule has 4 nitrogen and oxygen atoms in total. The van der Waals surface area contributed by atoms with Gasteiger partial charge in [0.05, 0.1) is 5.69 Å². The molecule has 0 amide bonds. The van der Waals surface area contributed by atoms with Gasteiger partial charge in [-0.15, -0.1) is 0 Å². The van der Waals surface area contributed by atoms with Crippen molar-refractivity contribution in [2.75, 3.05) is 0 Å². The van der Waals surface area contributed by atoms with Gasteiger partial charge in [0.25, 0.3) is 5.56 Å². The van der Waals surface area contributed by atoms with Crippen LogP contribution in [-0.2, 0) is 7.05 Å². The van der Waals surface area contributed by atoms with Crippen LogP contribution in [0.5, 0.6) is 0 Å². The molecular weight excluding hydrogens is 204 g/mol. The van der Waals surface area contributed by atoms with E-state index in [0.29, 0.717) is 11.1 Å². The first-order chi connectivity index (χ1) is 7.65. The van der Waals surface area contributed by atoms with Crippen LogP contribution < -0.4 is 5.56 Å². The van der Waals surface area contributed by atoms with Crippen molar-refractivity contribution < 1.29 is 5.11 Å². The molecule has 0 fully saturated rings. The smallest absolute Gasteiger partial charge is 0.258 e. The van der Waals surface area contributed by atoms with Crippen molar-refractivity contribution >= 4 is 10.8 Å². The lowest BCUT2D eigenvalue weighted by Crippen LogP contribution is -2.21. The van der Waals surface area contributed by atoms with Gasteiger partial charge >= 0.3 is 0 Å². The zero-order valence-corrected chi connectivity index (χ0v) is 8.71. The van der Waals surface area contributed by atoms with E-state index in [1.165, 1.54) is 4.57 Å². The van der Waals surface area contributed by atoms with Crippen LogP contribution in [-0.4, -0.2) is 9.67 Å². The monoisotopic (exact) mass is 214 g/mol. The van der Waals surface area contributed by atoms with E-state index < -0.39 is 6.10 Å². The SMILES string of the molecule is Cn1c(C(O)C#N)cc2ccccc2c1=O. The van der Waals surface area contributed by atoms with E-state index in [0.717, 1.165) is 5.39 Å². The number of hydrogen-bond donors (Lipinski definition) is 1. The summed E-state index contributed by atoms with van der Waals surface area (Å²) in [5, 5.41) is 19.4. The quantitative estimate of drug-likeness (QED) is 0.723. The fraction of sp³-hybridized carbons (Fsp3) is 0.167. The normalized spacial score (nSPS) is 12.3. The molecule has 0 aliphatic heterocycles. The number of nitriles is 1. The number of benzene rings is 1. The Morgan fingerprint density at radius 3 is 2.81 bits per heavy atom. The molecule has 2 rings (SSSR count). The molecule has 16 heavy (non-hydrogen) atoms. The molecule has 1 aromatic carbocycles. The summed E-state index contributed by atoms with van der Waals surface area (Å²) in [4.78, 5) is 11.9. The molecule has 2 aromatic rings. The lowest BCUT2D eigenvalue weighted by Gasteiger charge is -2.10. The molecule has 1 atom stereocenters. The van der Waals surface area contributed by atoms with Crippen LogP contribution >= 0.6 is 0 Å². The number of aliphatic hydroxyl groups excluding tert-OH is 1. The van der Waals surface area contributed by atoms with E-state index in [2.05, 4.69) is 0 Å². The zero-order chi connectivity index (χ0) is 11.7. The van der Waals surface area contributed by atoms with Crippen LogP contribution in [0.3, 0.4) is 0 Å². The highest BCUT2D eigenvalue weighted by Crippen LogP contribution is 2.16. The molecule has 0 saturated heterocycles. The molecule has 0 aliphatic carbocycles. The zero-order valence-electron chi connectivity index (χ0n) is 8.71. The standard InChI is InChI=1S/C12H10N2O2/c1-14-10(11(15)7-13)6-8-4-2-3-5-9(8)12(14)16/h2-6,11,15H,1H3. The van der Waals surface area contributed by atoms with Crippen molar-refractivity contribution in [2.24, 2.45) is 7.05 Å². The second kappa shape index (κ2) is 3.80. The molecule has 1 unspecified atom stereocenters. The Morgan fingerprint density at radius 1 is 1.44 bits per heavy atom. The lowest BCUT2D eigenvalue weighted by molar-refractivity contribution is 0.226. The van der Waals surface area contributed by atoms with E-state index in [1.807, 2.05) is 6.07 Å². The minimum atomic E-state index is -1.28. The predicted octanol–water partition coefficient (Wildman–Crippen LogP) is 1.10. The van der Waals surface area contributed by atoms with Gasteiger partial charge < -0.3 is 9.67 Å². The Hall–Kier alpha value is -2.12. The summed E-state index contributed by atoms with van der Waals surface area (Å²) < 4.78 is 1.30. The summed E-state index contributed by atoms with van der Waals surface area (Å²) in [6.45, 7) is 0. The van der Waals surface area contributed by atoms with E-state index in [9.17, 15) is 9.90 Å². The molecule has 1 N–H and O–H groups in total. The van der Waals surface area contributed by atoms with Gasteiger partial charge in [-0.1, -0.05) is 18.2 Å². The summed E-state index contributed by atoms with van der Waals surface area (Å²) in [5.74, 6) is 0. The minimum absolute atomic E-state index is 0.206. The highest BCUT2D eigenvalue weighted by Gasteiger charge is 2.12. The molecule has 0 aliphatic rings. The number of aromatic nitrogens is 1. The maximum absolute atomic E-state index is 11.9. The van der Waals surface area contributed by atoms with Crippen LogP contribution in [0, 0.1) is 11.3 Å². The Balaban J connectivity index is 2.85. The number of nitrogens with zero attached hydrogens (tertiary/aromatic N) is 2. The highest BCUT2D eigenvalue weighted by molar-refractivity contribution is 5.81. The van der Waals surface area contributed by atoms with Gasteiger partial charge in [-0.2, -0.15) is 5.26 Å². The van der Waals surface area contributed by atoms with Gasteiger partial charge in [0, 0.05) is 12.4 Å². The Kier molecular flexibility index (Phi) is 2.47. The van der Waals surface area contributed by atoms with Crippen LogP contribution in [0.1, 0.15) is 11.8 Å². The van der Waals surface area contributed by atoms with E-state index in [4.69, 9.17) is 5.26 Å². The van der Waals surface area contributed by atoms with E-state index in [1.54, 1.807) is 37.4 Å². The van der Waals surface area contributed by atoms with Crippen molar-refractivity contribution in [3.63, 3.8) is 0 Å². The van der Waals surface area contributed by atoms with Gasteiger partial charge in [-0.05, 0) is 17.5 Å². The number of pyridine rings is 1. The summed E-state index contributed by atoms with van der Waals surface area (Å²) in [6.07, 6.45) is -1.28. The molecule has 0 spiro atoms. The predicted molar refractivity (Wildman–Crippen MR) is 59.8 cm³/mol. The average Bonchev–Trinajstić information content (AvgIpc) is 2.33. The average molecular weight is 214 g/mol. The van der Waals surface area contributed by atoms with Crippen molar-refractivity contribution in [2.45, 2.75) is 6.10 Å². The molecule has 1 aromatic heterocycles. The number of fused-ring (bicyclic) bond motifs is 1. The van der Waals surface area contributed by atoms with Crippen LogP contribution in [0.15, 0.2) is 35.1 Å². The first kappa shape index (κ1) is 10.4. The number of aliphatic hydroxyl groups is 1. The summed E-state index contributed by atoms with van der Waals surface area (Å²) in [7, 11) is 1.55. The molecule has 4 heteroatoms. The third kappa shape index (κ3) is 1.47. The van der Waals surface area contributed by atoms with Crippen molar-refractivity contribution in [3.05, 3.63) is 46.4 Å². The second-order valence-corrected chi connectivity index (χ2v) is 3.55. The molecule has 0 bridgehead atoms. The first-order valence-electron chi connectivity index (χ1n) is 4.81. The third-order valence-corrected chi connectivity index (χ3v) is 2.59.